The number of hydrogen-bond acceptors (Lipinski definition) is 6. The van der Waals surface area contributed by atoms with Gasteiger partial charge in [-0.3, -0.25) is 4.90 Å². The number of aliphatic hydroxyl groups is 1. The lowest BCUT2D eigenvalue weighted by atomic mass is 10.2. The predicted molar refractivity (Wildman–Crippen MR) is 134 cm³/mol. The first-order valence-corrected chi connectivity index (χ1v) is 11.6. The van der Waals surface area contributed by atoms with Crippen LogP contribution in [0.2, 0.25) is 0 Å². The third-order valence-electron chi connectivity index (χ3n) is 5.33. The molecule has 1 atom stereocenters. The smallest absolute Gasteiger partial charge is 0.227 e. The summed E-state index contributed by atoms with van der Waals surface area (Å²) in [6, 6.07) is 17.5. The molecule has 7 heteroatoms. The Morgan fingerprint density at radius 2 is 1.91 bits per heavy atom. The molecule has 1 heterocycles. The number of rotatable bonds is 14. The summed E-state index contributed by atoms with van der Waals surface area (Å²) in [4.78, 5) is 2.21. The van der Waals surface area contributed by atoms with Crippen LogP contribution in [0.3, 0.4) is 0 Å². The van der Waals surface area contributed by atoms with Crippen LogP contribution in [0.25, 0.3) is 5.69 Å². The van der Waals surface area contributed by atoms with Crippen molar-refractivity contribution in [1.29, 1.82) is 0 Å². The molecule has 0 radical (unpaired) electrons. The molecule has 0 aliphatic carbocycles. The minimum atomic E-state index is -0.598. The molecule has 3 aromatic rings. The Bertz CT molecular complexity index is 1040. The van der Waals surface area contributed by atoms with Gasteiger partial charge in [0.05, 0.1) is 43.4 Å². The first-order valence-electron chi connectivity index (χ1n) is 11.6. The third-order valence-corrected chi connectivity index (χ3v) is 5.33. The van der Waals surface area contributed by atoms with Gasteiger partial charge in [-0.2, -0.15) is 5.10 Å². The molecule has 0 saturated carbocycles. The highest BCUT2D eigenvalue weighted by Gasteiger charge is 2.22. The van der Waals surface area contributed by atoms with Crippen LogP contribution in [0, 0.1) is 6.92 Å². The Kier molecular flexibility index (Phi) is 9.70. The first kappa shape index (κ1) is 25.5. The zero-order chi connectivity index (χ0) is 24.3. The maximum atomic E-state index is 10.5. The van der Waals surface area contributed by atoms with E-state index in [0.717, 1.165) is 35.7 Å². The highest BCUT2D eigenvalue weighted by Crippen LogP contribution is 2.33. The molecule has 0 saturated heterocycles. The quantitative estimate of drug-likeness (QED) is 0.274. The molecule has 0 spiro atoms. The molecule has 0 fully saturated rings. The van der Waals surface area contributed by atoms with Gasteiger partial charge in [0.25, 0.3) is 0 Å². The van der Waals surface area contributed by atoms with Crippen LogP contribution in [-0.4, -0.2) is 59.3 Å². The SMILES string of the molecule is C=CCOC[C@@H](O)CN(CCC)Cc1c(C)nn(-c2ccccc2)c1Oc1cccc(OC)c1. The second-order valence-corrected chi connectivity index (χ2v) is 8.11. The van der Waals surface area contributed by atoms with E-state index in [1.54, 1.807) is 13.2 Å². The summed E-state index contributed by atoms with van der Waals surface area (Å²) in [6.07, 6.45) is 2.04. The van der Waals surface area contributed by atoms with Crippen LogP contribution >= 0.6 is 0 Å². The van der Waals surface area contributed by atoms with E-state index in [-0.39, 0.29) is 6.61 Å². The van der Waals surface area contributed by atoms with Crippen molar-refractivity contribution in [2.45, 2.75) is 32.9 Å². The van der Waals surface area contributed by atoms with Gasteiger partial charge >= 0.3 is 0 Å². The van der Waals surface area contributed by atoms with Crippen molar-refractivity contribution in [3.8, 4) is 23.1 Å². The molecule has 0 aliphatic heterocycles. The Morgan fingerprint density at radius 3 is 2.62 bits per heavy atom. The van der Waals surface area contributed by atoms with E-state index < -0.39 is 6.10 Å². The lowest BCUT2D eigenvalue weighted by Crippen LogP contribution is -2.35. The van der Waals surface area contributed by atoms with Crippen molar-refractivity contribution in [3.63, 3.8) is 0 Å². The summed E-state index contributed by atoms with van der Waals surface area (Å²) in [7, 11) is 1.63. The van der Waals surface area contributed by atoms with Gasteiger partial charge in [0.1, 0.15) is 11.5 Å². The Morgan fingerprint density at radius 1 is 1.15 bits per heavy atom. The minimum Gasteiger partial charge on any atom is -0.497 e. The van der Waals surface area contributed by atoms with E-state index in [9.17, 15) is 5.11 Å². The second kappa shape index (κ2) is 12.9. The van der Waals surface area contributed by atoms with Gasteiger partial charge in [0, 0.05) is 19.2 Å². The zero-order valence-electron chi connectivity index (χ0n) is 20.3. The summed E-state index contributed by atoms with van der Waals surface area (Å²) < 4.78 is 19.1. The van der Waals surface area contributed by atoms with Crippen molar-refractivity contribution in [2.75, 3.05) is 33.4 Å². The van der Waals surface area contributed by atoms with E-state index >= 15 is 0 Å². The fourth-order valence-electron chi connectivity index (χ4n) is 3.76. The van der Waals surface area contributed by atoms with Gasteiger partial charge in [-0.05, 0) is 44.2 Å². The van der Waals surface area contributed by atoms with E-state index in [4.69, 9.17) is 19.3 Å². The summed E-state index contributed by atoms with van der Waals surface area (Å²) in [5, 5.41) is 15.3. The molecule has 1 N–H and O–H groups in total. The van der Waals surface area contributed by atoms with Crippen LogP contribution in [0.5, 0.6) is 17.4 Å². The molecular formula is C27H35N3O4. The Hall–Kier alpha value is -3.13. The number of nitrogens with zero attached hydrogens (tertiary/aromatic N) is 3. The molecule has 2 aromatic carbocycles. The van der Waals surface area contributed by atoms with E-state index in [0.29, 0.717) is 31.3 Å². The molecule has 0 unspecified atom stereocenters. The van der Waals surface area contributed by atoms with Crippen LogP contribution in [0.4, 0.5) is 0 Å². The van der Waals surface area contributed by atoms with Gasteiger partial charge in [0.2, 0.25) is 5.88 Å². The number of methoxy groups -OCH3 is 1. The largest absolute Gasteiger partial charge is 0.497 e. The van der Waals surface area contributed by atoms with Crippen molar-refractivity contribution in [3.05, 3.63) is 78.5 Å². The van der Waals surface area contributed by atoms with E-state index in [1.807, 2.05) is 66.2 Å². The van der Waals surface area contributed by atoms with Crippen LogP contribution in [-0.2, 0) is 11.3 Å². The molecule has 34 heavy (non-hydrogen) atoms. The lowest BCUT2D eigenvalue weighted by molar-refractivity contribution is 0.0244. The summed E-state index contributed by atoms with van der Waals surface area (Å²) in [6.45, 7) is 10.3. The number of aliphatic hydroxyl groups excluding tert-OH is 1. The van der Waals surface area contributed by atoms with Crippen LogP contribution in [0.15, 0.2) is 67.3 Å². The molecular weight excluding hydrogens is 430 g/mol. The van der Waals surface area contributed by atoms with Crippen molar-refractivity contribution in [1.82, 2.24) is 14.7 Å². The lowest BCUT2D eigenvalue weighted by Gasteiger charge is -2.25. The van der Waals surface area contributed by atoms with Gasteiger partial charge in [-0.25, -0.2) is 4.68 Å². The van der Waals surface area contributed by atoms with E-state index in [1.165, 1.54) is 0 Å². The number of aromatic nitrogens is 2. The number of hydrogen-bond donors (Lipinski definition) is 1. The van der Waals surface area contributed by atoms with Crippen LogP contribution < -0.4 is 9.47 Å². The predicted octanol–water partition coefficient (Wildman–Crippen LogP) is 4.76. The average molecular weight is 466 g/mol. The van der Waals surface area contributed by atoms with Crippen molar-refractivity contribution in [2.24, 2.45) is 0 Å². The average Bonchev–Trinajstić information content (AvgIpc) is 3.15. The highest BCUT2D eigenvalue weighted by molar-refractivity contribution is 5.44. The van der Waals surface area contributed by atoms with Gasteiger partial charge in [-0.1, -0.05) is 37.3 Å². The standard InChI is InChI=1S/C27H35N3O4/c1-5-15-29(18-23(31)20-33-16-6-2)19-26-21(3)28-30(22-11-8-7-9-12-22)27(26)34-25-14-10-13-24(17-25)32-4/h6-14,17,23,31H,2,5,15-16,18-20H2,1,3-4H3/t23-/m0/s1. The number of ether oxygens (including phenoxy) is 3. The van der Waals surface area contributed by atoms with Gasteiger partial charge in [0.15, 0.2) is 0 Å². The summed E-state index contributed by atoms with van der Waals surface area (Å²) in [5.41, 5.74) is 2.76. The fourth-order valence-corrected chi connectivity index (χ4v) is 3.76. The molecule has 0 bridgehead atoms. The Labute approximate surface area is 202 Å². The fraction of sp³-hybridized carbons (Fsp3) is 0.370. The molecule has 0 aliphatic rings. The van der Waals surface area contributed by atoms with Crippen LogP contribution in [0.1, 0.15) is 24.6 Å². The number of benzene rings is 2. The molecule has 1 aromatic heterocycles. The second-order valence-electron chi connectivity index (χ2n) is 8.11. The van der Waals surface area contributed by atoms with Crippen molar-refractivity contribution >= 4 is 0 Å². The number of aryl methyl sites for hydroxylation is 1. The van der Waals surface area contributed by atoms with Gasteiger partial charge in [-0.15, -0.1) is 6.58 Å². The normalized spacial score (nSPS) is 12.0. The molecule has 0 amide bonds. The third kappa shape index (κ3) is 6.93. The van der Waals surface area contributed by atoms with E-state index in [2.05, 4.69) is 18.4 Å². The molecule has 7 nitrogen and oxygen atoms in total. The topological polar surface area (TPSA) is 69.0 Å². The maximum Gasteiger partial charge on any atom is 0.227 e. The number of para-hydroxylation sites is 1. The molecule has 182 valence electrons. The van der Waals surface area contributed by atoms with Gasteiger partial charge < -0.3 is 19.3 Å². The Balaban J connectivity index is 1.92. The minimum absolute atomic E-state index is 0.266. The highest BCUT2D eigenvalue weighted by atomic mass is 16.5. The monoisotopic (exact) mass is 465 g/mol. The zero-order valence-corrected chi connectivity index (χ0v) is 20.3. The van der Waals surface area contributed by atoms with Crippen molar-refractivity contribution < 1.29 is 19.3 Å². The first-order chi connectivity index (χ1) is 16.5. The summed E-state index contributed by atoms with van der Waals surface area (Å²) >= 11 is 0. The maximum absolute atomic E-state index is 10.5. The summed E-state index contributed by atoms with van der Waals surface area (Å²) in [5.74, 6) is 2.03. The molecule has 3 rings (SSSR count).